The molecule has 3 heteroatoms. The van der Waals surface area contributed by atoms with Gasteiger partial charge in [-0.3, -0.25) is 4.79 Å². The van der Waals surface area contributed by atoms with E-state index in [0.717, 1.165) is 27.0 Å². The third-order valence-electron chi connectivity index (χ3n) is 4.70. The Bertz CT molecular complexity index is 667. The van der Waals surface area contributed by atoms with Gasteiger partial charge in [0.1, 0.15) is 0 Å². The predicted octanol–water partition coefficient (Wildman–Crippen LogP) is 2.96. The van der Waals surface area contributed by atoms with E-state index in [1.165, 1.54) is 37.8 Å². The highest BCUT2D eigenvalue weighted by Crippen LogP contribution is 2.32. The highest BCUT2D eigenvalue weighted by molar-refractivity contribution is 14.1. The molecular formula is C17H22INO. The molecule has 1 atom stereocenters. The zero-order valence-electron chi connectivity index (χ0n) is 12.0. The summed E-state index contributed by atoms with van der Waals surface area (Å²) >= 11 is 2.34. The largest absolute Gasteiger partial charge is 0.358 e. The van der Waals surface area contributed by atoms with Crippen LogP contribution in [-0.2, 0) is 4.43 Å². The predicted molar refractivity (Wildman–Crippen MR) is 92.6 cm³/mol. The van der Waals surface area contributed by atoms with Crippen molar-refractivity contribution in [2.45, 2.75) is 55.8 Å². The molecule has 1 aromatic heterocycles. The molecule has 0 bridgehead atoms. The molecule has 108 valence electrons. The molecule has 0 amide bonds. The highest BCUT2D eigenvalue weighted by atomic mass is 127. The van der Waals surface area contributed by atoms with Gasteiger partial charge in [0.05, 0.1) is 0 Å². The van der Waals surface area contributed by atoms with E-state index in [2.05, 4.69) is 46.7 Å². The minimum Gasteiger partial charge on any atom is -0.358 e. The maximum absolute atomic E-state index is 12.8. The summed E-state index contributed by atoms with van der Waals surface area (Å²) in [5, 5.41) is 1.98. The molecule has 0 radical (unpaired) electrons. The van der Waals surface area contributed by atoms with E-state index in [1.807, 2.05) is 0 Å². The number of halogens is 1. The van der Waals surface area contributed by atoms with Crippen molar-refractivity contribution < 1.29 is 0 Å². The highest BCUT2D eigenvalue weighted by Gasteiger charge is 2.21. The molecule has 3 rings (SSSR count). The van der Waals surface area contributed by atoms with Crippen LogP contribution < -0.4 is 16.0 Å². The van der Waals surface area contributed by atoms with Crippen LogP contribution in [0.2, 0.25) is 0 Å². The van der Waals surface area contributed by atoms with Gasteiger partial charge in [0.15, 0.2) is 5.43 Å². The SMILES string of the molecule is CC1C=c2c([nH]c(C3CCCCC3)c(CI)c2=O)=CC1. The van der Waals surface area contributed by atoms with Gasteiger partial charge in [-0.15, -0.1) is 0 Å². The zero-order valence-corrected chi connectivity index (χ0v) is 14.2. The number of nitrogens with one attached hydrogen (secondary N) is 1. The second-order valence-electron chi connectivity index (χ2n) is 6.23. The van der Waals surface area contributed by atoms with Crippen molar-refractivity contribution in [1.82, 2.24) is 4.98 Å². The summed E-state index contributed by atoms with van der Waals surface area (Å²) in [6, 6.07) is 0. The Hall–Kier alpha value is -0.580. The molecule has 0 saturated heterocycles. The molecule has 2 aliphatic rings. The van der Waals surface area contributed by atoms with Crippen molar-refractivity contribution in [3.05, 3.63) is 32.0 Å². The molecule has 1 saturated carbocycles. The third kappa shape index (κ3) is 2.61. The summed E-state index contributed by atoms with van der Waals surface area (Å²) in [5.74, 6) is 1.05. The Balaban J connectivity index is 2.19. The number of fused-ring (bicyclic) bond motifs is 1. The second kappa shape index (κ2) is 6.04. The summed E-state index contributed by atoms with van der Waals surface area (Å²) < 4.78 is 0.814. The molecule has 2 nitrogen and oxygen atoms in total. The first kappa shape index (κ1) is 14.4. The first-order chi connectivity index (χ1) is 9.70. The maximum Gasteiger partial charge on any atom is 0.193 e. The van der Waals surface area contributed by atoms with Gasteiger partial charge < -0.3 is 4.98 Å². The quantitative estimate of drug-likeness (QED) is 0.618. The van der Waals surface area contributed by atoms with Gasteiger partial charge in [-0.25, -0.2) is 0 Å². The maximum atomic E-state index is 12.8. The summed E-state index contributed by atoms with van der Waals surface area (Å²) in [5.41, 5.74) is 2.54. The first-order valence-corrected chi connectivity index (χ1v) is 9.26. The molecular weight excluding hydrogens is 361 g/mol. The van der Waals surface area contributed by atoms with Gasteiger partial charge in [-0.05, 0) is 31.1 Å². The Labute approximate surface area is 133 Å². The molecule has 1 heterocycles. The first-order valence-electron chi connectivity index (χ1n) is 7.73. The van der Waals surface area contributed by atoms with Crippen molar-refractivity contribution in [1.29, 1.82) is 0 Å². The standard InChI is InChI=1S/C17H22INO/c1-11-7-8-15-13(9-11)17(20)14(10-18)16(19-15)12-5-3-2-4-6-12/h8-9,11-12,19H,2-7,10H2,1H3. The van der Waals surface area contributed by atoms with Crippen LogP contribution in [0.1, 0.15) is 62.6 Å². The van der Waals surface area contributed by atoms with E-state index in [9.17, 15) is 4.79 Å². The Kier molecular flexibility index (Phi) is 4.34. The van der Waals surface area contributed by atoms with Gasteiger partial charge in [0.25, 0.3) is 0 Å². The van der Waals surface area contributed by atoms with Gasteiger partial charge in [0.2, 0.25) is 0 Å². The molecule has 1 N–H and O–H groups in total. The number of hydrogen-bond acceptors (Lipinski definition) is 1. The van der Waals surface area contributed by atoms with Crippen LogP contribution in [0, 0.1) is 5.92 Å². The van der Waals surface area contributed by atoms with E-state index in [0.29, 0.717) is 11.8 Å². The Morgan fingerprint density at radius 2 is 2.05 bits per heavy atom. The monoisotopic (exact) mass is 383 g/mol. The van der Waals surface area contributed by atoms with Crippen molar-refractivity contribution in [3.63, 3.8) is 0 Å². The number of alkyl halides is 1. The average Bonchev–Trinajstić information content (AvgIpc) is 2.48. The second-order valence-corrected chi connectivity index (χ2v) is 6.99. The Morgan fingerprint density at radius 1 is 1.30 bits per heavy atom. The summed E-state index contributed by atoms with van der Waals surface area (Å²) in [7, 11) is 0. The fourth-order valence-electron chi connectivity index (χ4n) is 3.55. The normalized spacial score (nSPS) is 22.8. The minimum absolute atomic E-state index is 0.275. The van der Waals surface area contributed by atoms with Crippen LogP contribution in [0.15, 0.2) is 4.79 Å². The number of rotatable bonds is 2. The number of pyridine rings is 1. The smallest absolute Gasteiger partial charge is 0.193 e. The zero-order chi connectivity index (χ0) is 14.1. The molecule has 0 aliphatic heterocycles. The number of aromatic amines is 1. The average molecular weight is 383 g/mol. The fourth-order valence-corrected chi connectivity index (χ4v) is 4.31. The molecule has 1 fully saturated rings. The van der Waals surface area contributed by atoms with Crippen molar-refractivity contribution in [2.75, 3.05) is 0 Å². The lowest BCUT2D eigenvalue weighted by Gasteiger charge is -2.24. The topological polar surface area (TPSA) is 32.9 Å². The lowest BCUT2D eigenvalue weighted by molar-refractivity contribution is 0.434. The van der Waals surface area contributed by atoms with Crippen LogP contribution in [-0.4, -0.2) is 4.98 Å². The van der Waals surface area contributed by atoms with Crippen molar-refractivity contribution >= 4 is 34.7 Å². The third-order valence-corrected chi connectivity index (χ3v) is 5.46. The van der Waals surface area contributed by atoms with Crippen LogP contribution in [0.4, 0.5) is 0 Å². The van der Waals surface area contributed by atoms with E-state index >= 15 is 0 Å². The van der Waals surface area contributed by atoms with Gasteiger partial charge in [-0.2, -0.15) is 0 Å². The molecule has 2 aliphatic carbocycles. The van der Waals surface area contributed by atoms with Crippen LogP contribution in [0.5, 0.6) is 0 Å². The molecule has 1 aromatic rings. The molecule has 20 heavy (non-hydrogen) atoms. The minimum atomic E-state index is 0.275. The van der Waals surface area contributed by atoms with Gasteiger partial charge >= 0.3 is 0 Å². The molecule has 0 aromatic carbocycles. The lowest BCUT2D eigenvalue weighted by atomic mass is 9.84. The van der Waals surface area contributed by atoms with Crippen LogP contribution >= 0.6 is 22.6 Å². The lowest BCUT2D eigenvalue weighted by Crippen LogP contribution is -2.46. The molecule has 0 spiro atoms. The van der Waals surface area contributed by atoms with Crippen molar-refractivity contribution in [2.24, 2.45) is 5.92 Å². The summed E-state index contributed by atoms with van der Waals surface area (Å²) in [4.78, 5) is 16.4. The molecule has 1 unspecified atom stereocenters. The van der Waals surface area contributed by atoms with Gasteiger partial charge in [0, 0.05) is 26.3 Å². The fraction of sp³-hybridized carbons (Fsp3) is 0.588. The van der Waals surface area contributed by atoms with E-state index in [4.69, 9.17) is 0 Å². The Morgan fingerprint density at radius 3 is 2.75 bits per heavy atom. The number of H-pyrrole nitrogens is 1. The summed E-state index contributed by atoms with van der Waals surface area (Å²) in [6.07, 6.45) is 11.8. The van der Waals surface area contributed by atoms with Crippen molar-refractivity contribution in [3.8, 4) is 0 Å². The number of aromatic nitrogens is 1. The van der Waals surface area contributed by atoms with Crippen LogP contribution in [0.25, 0.3) is 12.2 Å². The summed E-state index contributed by atoms with van der Waals surface area (Å²) in [6.45, 7) is 2.18. The number of hydrogen-bond donors (Lipinski definition) is 1. The van der Waals surface area contributed by atoms with E-state index in [-0.39, 0.29) is 5.43 Å². The van der Waals surface area contributed by atoms with Gasteiger partial charge in [-0.1, -0.05) is 60.9 Å². The van der Waals surface area contributed by atoms with E-state index in [1.54, 1.807) is 0 Å². The van der Waals surface area contributed by atoms with E-state index < -0.39 is 0 Å². The van der Waals surface area contributed by atoms with Crippen LogP contribution in [0.3, 0.4) is 0 Å².